The number of amides is 1. The highest BCUT2D eigenvalue weighted by Gasteiger charge is 2.26. The second-order valence-electron chi connectivity index (χ2n) is 6.04. The molecule has 3 rings (SSSR count). The molecule has 1 heterocycles. The SMILES string of the molecule is Cc1ccccc1CNC(=O)c1ccc2c(c1)CCN2S(C)(=O)=O. The Labute approximate surface area is 142 Å². The van der Waals surface area contributed by atoms with Crippen LogP contribution < -0.4 is 9.62 Å². The van der Waals surface area contributed by atoms with Gasteiger partial charge in [0, 0.05) is 18.7 Å². The molecule has 1 N–H and O–H groups in total. The van der Waals surface area contributed by atoms with Gasteiger partial charge in [-0.1, -0.05) is 24.3 Å². The quantitative estimate of drug-likeness (QED) is 0.925. The van der Waals surface area contributed by atoms with E-state index < -0.39 is 10.0 Å². The van der Waals surface area contributed by atoms with E-state index in [1.165, 1.54) is 10.6 Å². The van der Waals surface area contributed by atoms with Crippen LogP contribution in [0.2, 0.25) is 0 Å². The van der Waals surface area contributed by atoms with Gasteiger partial charge in [0.2, 0.25) is 10.0 Å². The fourth-order valence-corrected chi connectivity index (χ4v) is 3.90. The van der Waals surface area contributed by atoms with Crippen LogP contribution in [0, 0.1) is 6.92 Å². The van der Waals surface area contributed by atoms with E-state index in [4.69, 9.17) is 0 Å². The number of hydrogen-bond acceptors (Lipinski definition) is 3. The summed E-state index contributed by atoms with van der Waals surface area (Å²) in [5.74, 6) is -0.154. The van der Waals surface area contributed by atoms with E-state index in [0.29, 0.717) is 30.8 Å². The van der Waals surface area contributed by atoms with Crippen LogP contribution in [-0.2, 0) is 23.0 Å². The van der Waals surface area contributed by atoms with Crippen LogP contribution in [0.3, 0.4) is 0 Å². The van der Waals surface area contributed by atoms with Gasteiger partial charge in [-0.3, -0.25) is 9.10 Å². The van der Waals surface area contributed by atoms with Crippen LogP contribution in [0.5, 0.6) is 0 Å². The summed E-state index contributed by atoms with van der Waals surface area (Å²) in [6, 6.07) is 13.1. The molecule has 0 fully saturated rings. The minimum absolute atomic E-state index is 0.154. The highest BCUT2D eigenvalue weighted by Crippen LogP contribution is 2.30. The number of nitrogens with one attached hydrogen (secondary N) is 1. The smallest absolute Gasteiger partial charge is 0.251 e. The van der Waals surface area contributed by atoms with Crippen molar-refractivity contribution in [3.63, 3.8) is 0 Å². The molecule has 6 heteroatoms. The second-order valence-corrected chi connectivity index (χ2v) is 7.94. The predicted molar refractivity (Wildman–Crippen MR) is 94.7 cm³/mol. The highest BCUT2D eigenvalue weighted by molar-refractivity contribution is 7.92. The number of nitrogens with zero attached hydrogens (tertiary/aromatic N) is 1. The third kappa shape index (κ3) is 3.28. The Hall–Kier alpha value is -2.34. The van der Waals surface area contributed by atoms with Gasteiger partial charge in [0.1, 0.15) is 0 Å². The Balaban J connectivity index is 1.75. The first-order chi connectivity index (χ1) is 11.4. The van der Waals surface area contributed by atoms with Crippen molar-refractivity contribution in [2.24, 2.45) is 0 Å². The molecule has 0 atom stereocenters. The Kier molecular flexibility index (Phi) is 4.32. The van der Waals surface area contributed by atoms with E-state index in [2.05, 4.69) is 5.32 Å². The Morgan fingerprint density at radius 3 is 2.67 bits per heavy atom. The monoisotopic (exact) mass is 344 g/mol. The van der Waals surface area contributed by atoms with Gasteiger partial charge < -0.3 is 5.32 Å². The lowest BCUT2D eigenvalue weighted by Crippen LogP contribution is -2.27. The molecular formula is C18H20N2O3S. The molecule has 0 saturated carbocycles. The Bertz CT molecular complexity index is 891. The van der Waals surface area contributed by atoms with Crippen molar-refractivity contribution in [1.29, 1.82) is 0 Å². The third-order valence-electron chi connectivity index (χ3n) is 4.30. The second kappa shape index (κ2) is 6.28. The molecule has 0 spiro atoms. The molecule has 2 aromatic carbocycles. The Morgan fingerprint density at radius 1 is 1.21 bits per heavy atom. The van der Waals surface area contributed by atoms with Gasteiger partial charge in [-0.15, -0.1) is 0 Å². The molecule has 1 amide bonds. The van der Waals surface area contributed by atoms with Crippen molar-refractivity contribution >= 4 is 21.6 Å². The normalized spacial score (nSPS) is 13.7. The van der Waals surface area contributed by atoms with Crippen LogP contribution in [0.25, 0.3) is 0 Å². The number of fused-ring (bicyclic) bond motifs is 1. The van der Waals surface area contributed by atoms with Crippen LogP contribution in [0.15, 0.2) is 42.5 Å². The number of sulfonamides is 1. The van der Waals surface area contributed by atoms with Gasteiger partial charge in [-0.2, -0.15) is 0 Å². The summed E-state index contributed by atoms with van der Waals surface area (Å²) in [4.78, 5) is 12.4. The zero-order valence-corrected chi connectivity index (χ0v) is 14.6. The van der Waals surface area contributed by atoms with Crippen molar-refractivity contribution in [2.45, 2.75) is 19.9 Å². The number of benzene rings is 2. The topological polar surface area (TPSA) is 66.5 Å². The summed E-state index contributed by atoms with van der Waals surface area (Å²) in [6.45, 7) is 2.91. The van der Waals surface area contributed by atoms with Gasteiger partial charge >= 0.3 is 0 Å². The van der Waals surface area contributed by atoms with E-state index in [9.17, 15) is 13.2 Å². The first-order valence-electron chi connectivity index (χ1n) is 7.79. The van der Waals surface area contributed by atoms with Gasteiger partial charge in [-0.05, 0) is 48.2 Å². The van der Waals surface area contributed by atoms with E-state index in [-0.39, 0.29) is 5.91 Å². The molecular weight excluding hydrogens is 324 g/mol. The van der Waals surface area contributed by atoms with Crippen LogP contribution in [0.1, 0.15) is 27.0 Å². The fourth-order valence-electron chi connectivity index (χ4n) is 2.94. The maximum absolute atomic E-state index is 12.4. The zero-order chi connectivity index (χ0) is 17.3. The maximum atomic E-state index is 12.4. The molecule has 0 aromatic heterocycles. The fraction of sp³-hybridized carbons (Fsp3) is 0.278. The number of carbonyl (C=O) groups is 1. The number of carbonyl (C=O) groups excluding carboxylic acids is 1. The van der Waals surface area contributed by atoms with Crippen molar-refractivity contribution in [2.75, 3.05) is 17.1 Å². The van der Waals surface area contributed by atoms with E-state index in [1.54, 1.807) is 18.2 Å². The molecule has 0 bridgehead atoms. The number of anilines is 1. The van der Waals surface area contributed by atoms with Gasteiger partial charge in [0.15, 0.2) is 0 Å². The first-order valence-corrected chi connectivity index (χ1v) is 9.64. The summed E-state index contributed by atoms with van der Waals surface area (Å²) in [7, 11) is -3.27. The molecule has 126 valence electrons. The van der Waals surface area contributed by atoms with Crippen molar-refractivity contribution in [3.8, 4) is 0 Å². The minimum atomic E-state index is -3.27. The Morgan fingerprint density at radius 2 is 1.96 bits per heavy atom. The molecule has 5 nitrogen and oxygen atoms in total. The van der Waals surface area contributed by atoms with Crippen molar-refractivity contribution in [3.05, 3.63) is 64.7 Å². The largest absolute Gasteiger partial charge is 0.348 e. The van der Waals surface area contributed by atoms with Gasteiger partial charge in [0.25, 0.3) is 5.91 Å². The molecule has 1 aliphatic heterocycles. The van der Waals surface area contributed by atoms with Crippen molar-refractivity contribution < 1.29 is 13.2 Å². The molecule has 0 unspecified atom stereocenters. The van der Waals surface area contributed by atoms with E-state index in [1.807, 2.05) is 31.2 Å². The van der Waals surface area contributed by atoms with Crippen LogP contribution >= 0.6 is 0 Å². The standard InChI is InChI=1S/C18H20N2O3S/c1-13-5-3-4-6-16(13)12-19-18(21)15-7-8-17-14(11-15)9-10-20(17)24(2,22)23/h3-8,11H,9-10,12H2,1-2H3,(H,19,21). The number of rotatable bonds is 4. The molecule has 0 aliphatic carbocycles. The number of aryl methyl sites for hydroxylation is 1. The summed E-state index contributed by atoms with van der Waals surface area (Å²) in [6.07, 6.45) is 1.83. The highest BCUT2D eigenvalue weighted by atomic mass is 32.2. The van der Waals surface area contributed by atoms with Crippen LogP contribution in [0.4, 0.5) is 5.69 Å². The predicted octanol–water partition coefficient (Wildman–Crippen LogP) is 2.25. The zero-order valence-electron chi connectivity index (χ0n) is 13.7. The lowest BCUT2D eigenvalue weighted by Gasteiger charge is -2.16. The van der Waals surface area contributed by atoms with Crippen LogP contribution in [-0.4, -0.2) is 27.1 Å². The molecule has 24 heavy (non-hydrogen) atoms. The average Bonchev–Trinajstić information content (AvgIpc) is 2.97. The summed E-state index contributed by atoms with van der Waals surface area (Å²) in [5.41, 5.74) is 4.33. The van der Waals surface area contributed by atoms with Gasteiger partial charge in [0.05, 0.1) is 11.9 Å². The summed E-state index contributed by atoms with van der Waals surface area (Å²) >= 11 is 0. The minimum Gasteiger partial charge on any atom is -0.348 e. The third-order valence-corrected chi connectivity index (χ3v) is 5.48. The van der Waals surface area contributed by atoms with E-state index in [0.717, 1.165) is 16.7 Å². The average molecular weight is 344 g/mol. The lowest BCUT2D eigenvalue weighted by atomic mass is 10.1. The van der Waals surface area contributed by atoms with E-state index >= 15 is 0 Å². The van der Waals surface area contributed by atoms with Crippen molar-refractivity contribution in [1.82, 2.24) is 5.32 Å². The molecule has 2 aromatic rings. The molecule has 0 radical (unpaired) electrons. The lowest BCUT2D eigenvalue weighted by molar-refractivity contribution is 0.0951. The maximum Gasteiger partial charge on any atom is 0.251 e. The summed E-state index contributed by atoms with van der Waals surface area (Å²) < 4.78 is 24.9. The number of hydrogen-bond donors (Lipinski definition) is 1. The van der Waals surface area contributed by atoms with Gasteiger partial charge in [-0.25, -0.2) is 8.42 Å². The first kappa shape index (κ1) is 16.5. The summed E-state index contributed by atoms with van der Waals surface area (Å²) in [5, 5.41) is 2.92. The molecule has 1 aliphatic rings. The molecule has 0 saturated heterocycles.